The van der Waals surface area contributed by atoms with E-state index in [-0.39, 0.29) is 0 Å². The van der Waals surface area contributed by atoms with Gasteiger partial charge in [0.1, 0.15) is 0 Å². The van der Waals surface area contributed by atoms with Gasteiger partial charge in [0.2, 0.25) is 0 Å². The number of hydrogen-bond donors (Lipinski definition) is 0. The Hall–Kier alpha value is -16.1. The fourth-order valence-corrected chi connectivity index (χ4v) is 22.5. The van der Waals surface area contributed by atoms with Crippen molar-refractivity contribution < 1.29 is 0 Å². The number of nitrogens with zero attached hydrogens (tertiary/aromatic N) is 6. The van der Waals surface area contributed by atoms with Crippen LogP contribution in [0.1, 0.15) is 0 Å². The third kappa shape index (κ3) is 15.4. The summed E-state index contributed by atoms with van der Waals surface area (Å²) < 4.78 is 3.63. The predicted octanol–water partition coefficient (Wildman–Crippen LogP) is 36.2. The second-order valence-corrected chi connectivity index (χ2v) is 34.9. The summed E-state index contributed by atoms with van der Waals surface area (Å²) in [6.45, 7) is 0. The van der Waals surface area contributed by atoms with Gasteiger partial charge in [0, 0.05) is 164 Å². The van der Waals surface area contributed by atoms with E-state index in [1.54, 1.807) is 0 Å². The van der Waals surface area contributed by atoms with Crippen LogP contribution in [0, 0.1) is 0 Å². The summed E-state index contributed by atoms with van der Waals surface area (Å²) in [5, 5.41) is 3.61. The zero-order valence-electron chi connectivity index (χ0n) is 70.4. The molecule has 19 aromatic carbocycles. The summed E-state index contributed by atoms with van der Waals surface area (Å²) in [5.74, 6) is 0. The molecule has 9 heteroatoms. The Morgan fingerprint density at radius 1 is 0.109 bits per heavy atom. The molecular formula is C120H84N6S3. The van der Waals surface area contributed by atoms with E-state index in [1.165, 1.54) is 61.6 Å². The van der Waals surface area contributed by atoms with Crippen LogP contribution >= 0.6 is 34.0 Å². The predicted molar refractivity (Wildman–Crippen MR) is 553 cm³/mol. The van der Waals surface area contributed by atoms with Crippen molar-refractivity contribution in [3.8, 4) is 64.7 Å². The van der Waals surface area contributed by atoms with Crippen LogP contribution in [0.4, 0.5) is 102 Å². The maximum absolute atomic E-state index is 2.39. The van der Waals surface area contributed by atoms with E-state index in [2.05, 4.69) is 539 Å². The second kappa shape index (κ2) is 35.5. The number of benzene rings is 19. The largest absolute Gasteiger partial charge is 0.311 e. The van der Waals surface area contributed by atoms with Crippen LogP contribution in [-0.2, 0) is 0 Å². The standard InChI is InChI=1S/C120H84N6S3/c1-13-37-91(38-14-1)121(92-39-15-2-16-40-92)103-73-61-85(62-74-103)109-112-118(127-115(109)88-67-79-106(80-68-88)124(97-49-25-7-26-50-97)98-51-27-8-28-52-98)113-110(86-63-75-104(76-64-86)122(93-41-17-3-18-42-93)94-43-19-4-20-44-94)117(90-71-83-108(84-72-90)126(101-57-33-11-34-58-101)102-59-35-12-36-60-102)129-120(113)114-111(87-65-77-105(78-66-87)123(95-45-21-5-22-46-95)96-47-23-6-24-48-96)116(128-119(112)114)89-69-81-107(82-70-89)125(99-53-29-9-30-54-99)100-55-31-10-32-56-100/h1-84H. The van der Waals surface area contributed by atoms with Gasteiger partial charge in [-0.15, -0.1) is 34.0 Å². The number of para-hydroxylation sites is 12. The Balaban J connectivity index is 0.863. The zero-order chi connectivity index (χ0) is 85.8. The summed E-state index contributed by atoms with van der Waals surface area (Å²) in [5.41, 5.74) is 29.4. The number of hydrogen-bond acceptors (Lipinski definition) is 9. The molecule has 0 fully saturated rings. The molecule has 0 aliphatic heterocycles. The Morgan fingerprint density at radius 3 is 0.341 bits per heavy atom. The average Bonchev–Trinajstić information content (AvgIpc) is 1.52. The summed E-state index contributed by atoms with van der Waals surface area (Å²) in [6, 6.07) is 185. The normalized spacial score (nSPS) is 11.3. The number of thiophene rings is 3. The highest BCUT2D eigenvalue weighted by Gasteiger charge is 2.33. The molecule has 0 unspecified atom stereocenters. The van der Waals surface area contributed by atoms with Gasteiger partial charge in [-0.3, -0.25) is 0 Å². The first-order chi connectivity index (χ1) is 64.0. The number of rotatable bonds is 24. The van der Waals surface area contributed by atoms with E-state index in [9.17, 15) is 0 Å². The van der Waals surface area contributed by atoms with E-state index in [1.807, 2.05) is 34.0 Å². The van der Waals surface area contributed by atoms with Gasteiger partial charge in [-0.2, -0.15) is 0 Å². The minimum absolute atomic E-state index is 1.05. The molecular weight excluding hydrogens is 1620 g/mol. The highest BCUT2D eigenvalue weighted by molar-refractivity contribution is 7.31. The number of fused-ring (bicyclic) bond motifs is 6. The molecule has 612 valence electrons. The van der Waals surface area contributed by atoms with Crippen molar-refractivity contribution in [3.63, 3.8) is 0 Å². The second-order valence-electron chi connectivity index (χ2n) is 31.9. The first-order valence-electron chi connectivity index (χ1n) is 43.6. The molecule has 129 heavy (non-hydrogen) atoms. The lowest BCUT2D eigenvalue weighted by atomic mass is 9.91. The van der Waals surface area contributed by atoms with Crippen LogP contribution in [0.25, 0.3) is 95.0 Å². The molecule has 3 aromatic heterocycles. The lowest BCUT2D eigenvalue weighted by molar-refractivity contribution is 1.28. The van der Waals surface area contributed by atoms with Crippen LogP contribution in [0.5, 0.6) is 0 Å². The fraction of sp³-hybridized carbons (Fsp3) is 0. The number of anilines is 18. The SMILES string of the molecule is c1ccc(N(c2ccccc2)c2ccc(-c3sc4c(c3-c3ccc(N(c5ccccc5)c5ccccc5)cc3)c3sc(-c5ccc(N(c6ccccc6)c6ccccc6)cc5)c(-c5ccc(N(c6ccccc6)c6ccccc6)cc5)c3c3sc(-c5ccc(N(c6ccccc6)c6ccccc6)cc5)c(-c5ccc(N(c6ccccc6)c6ccccc6)cc5)c43)cc2)cc1. The summed E-state index contributed by atoms with van der Waals surface area (Å²) in [6.07, 6.45) is 0. The van der Waals surface area contributed by atoms with Crippen molar-refractivity contribution in [3.05, 3.63) is 510 Å². The molecule has 0 amide bonds. The van der Waals surface area contributed by atoms with Gasteiger partial charge in [-0.1, -0.05) is 291 Å². The third-order valence-corrected chi connectivity index (χ3v) is 27.8. The van der Waals surface area contributed by atoms with Crippen molar-refractivity contribution in [2.75, 3.05) is 29.4 Å². The maximum Gasteiger partial charge on any atom is 0.0463 e. The lowest BCUT2D eigenvalue weighted by Crippen LogP contribution is -2.09. The molecule has 22 rings (SSSR count). The van der Waals surface area contributed by atoms with Crippen molar-refractivity contribution in [2.24, 2.45) is 0 Å². The third-order valence-electron chi connectivity index (χ3n) is 24.0. The van der Waals surface area contributed by atoms with Gasteiger partial charge >= 0.3 is 0 Å². The van der Waals surface area contributed by atoms with Gasteiger partial charge in [-0.05, 0) is 252 Å². The average molecular weight is 1710 g/mol. The summed E-state index contributed by atoms with van der Waals surface area (Å²) in [7, 11) is 0. The summed E-state index contributed by atoms with van der Waals surface area (Å²) in [4.78, 5) is 17.7. The zero-order valence-corrected chi connectivity index (χ0v) is 72.9. The molecule has 0 spiro atoms. The van der Waals surface area contributed by atoms with Crippen LogP contribution in [0.2, 0.25) is 0 Å². The first kappa shape index (κ1) is 78.8. The molecule has 0 N–H and O–H groups in total. The molecule has 6 nitrogen and oxygen atoms in total. The molecule has 3 heterocycles. The molecule has 0 aliphatic carbocycles. The van der Waals surface area contributed by atoms with Crippen molar-refractivity contribution in [1.29, 1.82) is 0 Å². The van der Waals surface area contributed by atoms with E-state index in [0.717, 1.165) is 136 Å². The lowest BCUT2D eigenvalue weighted by Gasteiger charge is -2.26. The Morgan fingerprint density at radius 2 is 0.217 bits per heavy atom. The van der Waals surface area contributed by atoms with Gasteiger partial charge in [-0.25, -0.2) is 0 Å². The molecule has 0 saturated heterocycles. The van der Waals surface area contributed by atoms with Gasteiger partial charge < -0.3 is 29.4 Å². The van der Waals surface area contributed by atoms with Crippen LogP contribution in [0.3, 0.4) is 0 Å². The molecule has 0 bridgehead atoms. The quantitative estimate of drug-likeness (QED) is 0.0596. The van der Waals surface area contributed by atoms with E-state index in [4.69, 9.17) is 0 Å². The highest BCUT2D eigenvalue weighted by Crippen LogP contribution is 2.62. The van der Waals surface area contributed by atoms with E-state index in [0.29, 0.717) is 0 Å². The smallest absolute Gasteiger partial charge is 0.0463 e. The molecule has 0 saturated carbocycles. The van der Waals surface area contributed by atoms with Crippen molar-refractivity contribution >= 4 is 167 Å². The Labute approximate surface area is 764 Å². The van der Waals surface area contributed by atoms with Crippen LogP contribution in [-0.4, -0.2) is 0 Å². The van der Waals surface area contributed by atoms with Gasteiger partial charge in [0.15, 0.2) is 0 Å². The first-order valence-corrected chi connectivity index (χ1v) is 46.1. The summed E-state index contributed by atoms with van der Waals surface area (Å²) >= 11 is 5.76. The van der Waals surface area contributed by atoms with Crippen LogP contribution in [0.15, 0.2) is 510 Å². The Kier molecular flexibility index (Phi) is 21.7. The molecule has 22 aromatic rings. The van der Waals surface area contributed by atoms with Gasteiger partial charge in [0.25, 0.3) is 0 Å². The minimum atomic E-state index is 1.05. The molecule has 0 atom stereocenters. The maximum atomic E-state index is 2.39. The van der Waals surface area contributed by atoms with E-state index >= 15 is 0 Å². The monoisotopic (exact) mass is 1700 g/mol. The fourth-order valence-electron chi connectivity index (χ4n) is 18.1. The Bertz CT molecular complexity index is 6560. The van der Waals surface area contributed by atoms with Crippen molar-refractivity contribution in [1.82, 2.24) is 0 Å². The van der Waals surface area contributed by atoms with E-state index < -0.39 is 0 Å². The molecule has 0 radical (unpaired) electrons. The molecule has 0 aliphatic rings. The highest BCUT2D eigenvalue weighted by atomic mass is 32.1. The van der Waals surface area contributed by atoms with Gasteiger partial charge in [0.05, 0.1) is 0 Å². The van der Waals surface area contributed by atoms with Crippen molar-refractivity contribution in [2.45, 2.75) is 0 Å². The van der Waals surface area contributed by atoms with Crippen LogP contribution < -0.4 is 29.4 Å². The topological polar surface area (TPSA) is 19.4 Å². The minimum Gasteiger partial charge on any atom is -0.311 e.